The zero-order valence-corrected chi connectivity index (χ0v) is 6.74. The summed E-state index contributed by atoms with van der Waals surface area (Å²) in [5, 5.41) is 9.10. The minimum absolute atomic E-state index is 0.413. The van der Waals surface area contributed by atoms with Gasteiger partial charge < -0.3 is 15.3 Å². The Morgan fingerprint density at radius 3 is 2.55 bits per heavy atom. The number of nitrogens with two attached hydrogens (primary N) is 1. The molecule has 0 amide bonds. The molecule has 0 unspecified atom stereocenters. The van der Waals surface area contributed by atoms with Gasteiger partial charge in [0.25, 0.3) is 0 Å². The van der Waals surface area contributed by atoms with Crippen molar-refractivity contribution in [3.63, 3.8) is 0 Å². The van der Waals surface area contributed by atoms with Crippen molar-refractivity contribution < 1.29 is 9.52 Å². The van der Waals surface area contributed by atoms with Crippen LogP contribution in [-0.2, 0) is 0 Å². The summed E-state index contributed by atoms with van der Waals surface area (Å²) in [5.74, 6) is 1.45. The summed E-state index contributed by atoms with van der Waals surface area (Å²) >= 11 is 0. The SMILES string of the molecule is Cc1ccc([C@H](N)[C@@H](C)O)o1. The van der Waals surface area contributed by atoms with Crippen LogP contribution in [-0.4, -0.2) is 11.2 Å². The van der Waals surface area contributed by atoms with E-state index in [1.54, 1.807) is 13.0 Å². The van der Waals surface area contributed by atoms with Gasteiger partial charge in [0, 0.05) is 0 Å². The monoisotopic (exact) mass is 155 g/mol. The summed E-state index contributed by atoms with van der Waals surface area (Å²) in [6, 6.07) is 3.20. The van der Waals surface area contributed by atoms with Gasteiger partial charge in [-0.05, 0) is 26.0 Å². The Kier molecular flexibility index (Phi) is 2.31. The molecule has 0 aliphatic rings. The van der Waals surface area contributed by atoms with Crippen molar-refractivity contribution in [2.45, 2.75) is 26.0 Å². The maximum atomic E-state index is 9.10. The number of hydrogen-bond acceptors (Lipinski definition) is 3. The van der Waals surface area contributed by atoms with Crippen molar-refractivity contribution in [2.75, 3.05) is 0 Å². The van der Waals surface area contributed by atoms with Crippen LogP contribution in [0.1, 0.15) is 24.5 Å². The largest absolute Gasteiger partial charge is 0.465 e. The summed E-state index contributed by atoms with van der Waals surface area (Å²) in [6.07, 6.45) is -0.569. The van der Waals surface area contributed by atoms with E-state index >= 15 is 0 Å². The van der Waals surface area contributed by atoms with Crippen molar-refractivity contribution in [3.8, 4) is 0 Å². The van der Waals surface area contributed by atoms with Crippen molar-refractivity contribution in [2.24, 2.45) is 5.73 Å². The molecule has 3 nitrogen and oxygen atoms in total. The summed E-state index contributed by atoms with van der Waals surface area (Å²) in [6.45, 7) is 3.49. The summed E-state index contributed by atoms with van der Waals surface area (Å²) < 4.78 is 5.22. The van der Waals surface area contributed by atoms with Crippen LogP contribution in [0.3, 0.4) is 0 Å². The van der Waals surface area contributed by atoms with Crippen molar-refractivity contribution in [1.29, 1.82) is 0 Å². The lowest BCUT2D eigenvalue weighted by Gasteiger charge is -2.10. The van der Waals surface area contributed by atoms with Gasteiger partial charge in [0.1, 0.15) is 11.5 Å². The molecule has 0 saturated heterocycles. The maximum absolute atomic E-state index is 9.10. The van der Waals surface area contributed by atoms with E-state index in [9.17, 15) is 0 Å². The van der Waals surface area contributed by atoms with E-state index in [1.807, 2.05) is 13.0 Å². The number of aliphatic hydroxyl groups is 1. The fourth-order valence-corrected chi connectivity index (χ4v) is 0.870. The van der Waals surface area contributed by atoms with Gasteiger partial charge in [-0.3, -0.25) is 0 Å². The highest BCUT2D eigenvalue weighted by Crippen LogP contribution is 2.16. The normalized spacial score (nSPS) is 16.4. The number of furan rings is 1. The van der Waals surface area contributed by atoms with Crippen LogP contribution in [0.5, 0.6) is 0 Å². The standard InChI is InChI=1S/C8H13NO2/c1-5-3-4-7(11-5)8(9)6(2)10/h3-4,6,8,10H,9H2,1-2H3/t6-,8-/m1/s1. The first-order valence-electron chi connectivity index (χ1n) is 3.61. The number of aliphatic hydroxyl groups excluding tert-OH is 1. The van der Waals surface area contributed by atoms with Crippen LogP contribution in [0.25, 0.3) is 0 Å². The van der Waals surface area contributed by atoms with Gasteiger partial charge in [0.15, 0.2) is 0 Å². The molecular formula is C8H13NO2. The minimum atomic E-state index is -0.569. The maximum Gasteiger partial charge on any atom is 0.123 e. The molecule has 11 heavy (non-hydrogen) atoms. The fourth-order valence-electron chi connectivity index (χ4n) is 0.870. The van der Waals surface area contributed by atoms with Gasteiger partial charge in [-0.1, -0.05) is 0 Å². The third-order valence-corrected chi connectivity index (χ3v) is 1.61. The van der Waals surface area contributed by atoms with Gasteiger partial charge in [0.05, 0.1) is 12.1 Å². The lowest BCUT2D eigenvalue weighted by molar-refractivity contribution is 0.153. The topological polar surface area (TPSA) is 59.4 Å². The second kappa shape index (κ2) is 3.07. The number of hydrogen-bond donors (Lipinski definition) is 2. The predicted octanol–water partition coefficient (Wildman–Crippen LogP) is 0.969. The molecule has 0 radical (unpaired) electrons. The fraction of sp³-hybridized carbons (Fsp3) is 0.500. The molecule has 0 aliphatic heterocycles. The van der Waals surface area contributed by atoms with E-state index in [2.05, 4.69) is 0 Å². The molecule has 0 bridgehead atoms. The molecule has 3 heteroatoms. The van der Waals surface area contributed by atoms with Crippen LogP contribution in [0.15, 0.2) is 16.5 Å². The van der Waals surface area contributed by atoms with Gasteiger partial charge in [-0.25, -0.2) is 0 Å². The van der Waals surface area contributed by atoms with Crippen LogP contribution in [0, 0.1) is 6.92 Å². The Labute approximate surface area is 65.8 Å². The average Bonchev–Trinajstić information content (AvgIpc) is 2.34. The smallest absolute Gasteiger partial charge is 0.123 e. The molecule has 2 atom stereocenters. The van der Waals surface area contributed by atoms with Gasteiger partial charge in [0.2, 0.25) is 0 Å². The molecule has 0 spiro atoms. The summed E-state index contributed by atoms with van der Waals surface area (Å²) in [5.41, 5.74) is 5.61. The Hall–Kier alpha value is -0.800. The van der Waals surface area contributed by atoms with E-state index in [0.29, 0.717) is 5.76 Å². The van der Waals surface area contributed by atoms with Crippen LogP contribution < -0.4 is 5.73 Å². The highest BCUT2D eigenvalue weighted by molar-refractivity contribution is 5.09. The van der Waals surface area contributed by atoms with Crippen LogP contribution in [0.4, 0.5) is 0 Å². The van der Waals surface area contributed by atoms with Crippen molar-refractivity contribution in [1.82, 2.24) is 0 Å². The molecular weight excluding hydrogens is 142 g/mol. The summed E-state index contributed by atoms with van der Waals surface area (Å²) in [7, 11) is 0. The lowest BCUT2D eigenvalue weighted by Crippen LogP contribution is -2.22. The van der Waals surface area contributed by atoms with Crippen molar-refractivity contribution in [3.05, 3.63) is 23.7 Å². The Morgan fingerprint density at radius 1 is 1.55 bits per heavy atom. The number of rotatable bonds is 2. The molecule has 62 valence electrons. The average molecular weight is 155 g/mol. The second-order valence-corrected chi connectivity index (χ2v) is 2.71. The van der Waals surface area contributed by atoms with Gasteiger partial charge >= 0.3 is 0 Å². The molecule has 1 rings (SSSR count). The van der Waals surface area contributed by atoms with E-state index in [4.69, 9.17) is 15.3 Å². The second-order valence-electron chi connectivity index (χ2n) is 2.71. The Bertz CT molecular complexity index is 230. The zero-order valence-electron chi connectivity index (χ0n) is 6.74. The van der Waals surface area contributed by atoms with Crippen LogP contribution >= 0.6 is 0 Å². The third kappa shape index (κ3) is 1.82. The van der Waals surface area contributed by atoms with E-state index in [-0.39, 0.29) is 0 Å². The highest BCUT2D eigenvalue weighted by Gasteiger charge is 2.14. The molecule has 0 fully saturated rings. The van der Waals surface area contributed by atoms with E-state index < -0.39 is 12.1 Å². The van der Waals surface area contributed by atoms with E-state index in [0.717, 1.165) is 5.76 Å². The summed E-state index contributed by atoms with van der Waals surface area (Å²) in [4.78, 5) is 0. The molecule has 0 aromatic carbocycles. The first kappa shape index (κ1) is 8.30. The zero-order chi connectivity index (χ0) is 8.43. The van der Waals surface area contributed by atoms with Gasteiger partial charge in [-0.2, -0.15) is 0 Å². The lowest BCUT2D eigenvalue weighted by atomic mass is 10.1. The van der Waals surface area contributed by atoms with Crippen molar-refractivity contribution >= 4 is 0 Å². The first-order chi connectivity index (χ1) is 5.11. The Morgan fingerprint density at radius 2 is 2.18 bits per heavy atom. The van der Waals surface area contributed by atoms with E-state index in [1.165, 1.54) is 0 Å². The predicted molar refractivity (Wildman–Crippen MR) is 42.1 cm³/mol. The molecule has 0 aliphatic carbocycles. The molecule has 0 saturated carbocycles. The van der Waals surface area contributed by atoms with Gasteiger partial charge in [-0.15, -0.1) is 0 Å². The highest BCUT2D eigenvalue weighted by atomic mass is 16.3. The molecule has 1 aromatic heterocycles. The molecule has 3 N–H and O–H groups in total. The minimum Gasteiger partial charge on any atom is -0.465 e. The Balaban J connectivity index is 2.76. The number of aryl methyl sites for hydroxylation is 1. The molecule has 1 aromatic rings. The molecule has 1 heterocycles. The quantitative estimate of drug-likeness (QED) is 0.669. The van der Waals surface area contributed by atoms with Crippen LogP contribution in [0.2, 0.25) is 0 Å². The first-order valence-corrected chi connectivity index (χ1v) is 3.61. The third-order valence-electron chi connectivity index (χ3n) is 1.61.